The lowest BCUT2D eigenvalue weighted by molar-refractivity contribution is -0.113. The lowest BCUT2D eigenvalue weighted by atomic mass is 10.1. The Labute approximate surface area is 206 Å². The van der Waals surface area contributed by atoms with Crippen molar-refractivity contribution in [2.24, 2.45) is 0 Å². The molecule has 0 saturated carbocycles. The highest BCUT2D eigenvalue weighted by molar-refractivity contribution is 7.99. The molecule has 1 aromatic heterocycles. The molecule has 6 nitrogen and oxygen atoms in total. The molecule has 0 radical (unpaired) electrons. The Morgan fingerprint density at radius 1 is 0.882 bits per heavy atom. The summed E-state index contributed by atoms with van der Waals surface area (Å²) in [5.41, 5.74) is 4.08. The second-order valence-corrected chi connectivity index (χ2v) is 8.53. The smallest absolute Gasteiger partial charge is 0.337 e. The Bertz CT molecular complexity index is 1260. The normalized spacial score (nSPS) is 10.5. The Morgan fingerprint density at radius 2 is 1.47 bits per heavy atom. The number of ether oxygens (including phenoxy) is 1. The number of halogens is 1. The molecule has 0 aliphatic carbocycles. The summed E-state index contributed by atoms with van der Waals surface area (Å²) in [6.45, 7) is 0. The fourth-order valence-electron chi connectivity index (χ4n) is 3.19. The van der Waals surface area contributed by atoms with E-state index in [-0.39, 0.29) is 11.7 Å². The number of nitrogens with one attached hydrogen (secondary N) is 1. The monoisotopic (exact) mass is 489 g/mol. The van der Waals surface area contributed by atoms with Crippen LogP contribution in [0.2, 0.25) is 5.02 Å². The SMILES string of the molecule is COC(=O)c1ccc(Cl)c(NC(=O)CSc2nc(-c3ccccc3)cc(-c3ccccc3)n2)c1. The first-order valence-electron chi connectivity index (χ1n) is 10.3. The summed E-state index contributed by atoms with van der Waals surface area (Å²) >= 11 is 7.40. The van der Waals surface area contributed by atoms with Gasteiger partial charge in [-0.15, -0.1) is 0 Å². The third-order valence-corrected chi connectivity index (χ3v) is 6.02. The van der Waals surface area contributed by atoms with Gasteiger partial charge in [0, 0.05) is 11.1 Å². The van der Waals surface area contributed by atoms with Crippen molar-refractivity contribution in [3.8, 4) is 22.5 Å². The number of carbonyl (C=O) groups excluding carboxylic acids is 2. The van der Waals surface area contributed by atoms with Gasteiger partial charge in [0.2, 0.25) is 5.91 Å². The van der Waals surface area contributed by atoms with Crippen molar-refractivity contribution in [3.05, 3.63) is 95.5 Å². The fourth-order valence-corrected chi connectivity index (χ4v) is 4.01. The van der Waals surface area contributed by atoms with Gasteiger partial charge in [-0.25, -0.2) is 14.8 Å². The number of methoxy groups -OCH3 is 1. The third kappa shape index (κ3) is 5.81. The first-order chi connectivity index (χ1) is 16.5. The van der Waals surface area contributed by atoms with E-state index < -0.39 is 5.97 Å². The van der Waals surface area contributed by atoms with Gasteiger partial charge in [-0.3, -0.25) is 4.79 Å². The van der Waals surface area contributed by atoms with Crippen LogP contribution in [-0.2, 0) is 9.53 Å². The van der Waals surface area contributed by atoms with Gasteiger partial charge in [-0.05, 0) is 24.3 Å². The molecule has 1 N–H and O–H groups in total. The van der Waals surface area contributed by atoms with Gasteiger partial charge in [-0.2, -0.15) is 0 Å². The first kappa shape index (κ1) is 23.5. The highest BCUT2D eigenvalue weighted by Crippen LogP contribution is 2.28. The van der Waals surface area contributed by atoms with Crippen LogP contribution in [0.3, 0.4) is 0 Å². The molecular formula is C26H20ClN3O3S. The Morgan fingerprint density at radius 3 is 2.03 bits per heavy atom. The molecule has 3 aromatic carbocycles. The van der Waals surface area contributed by atoms with Crippen LogP contribution in [0.5, 0.6) is 0 Å². The van der Waals surface area contributed by atoms with Gasteiger partial charge in [-0.1, -0.05) is 84.0 Å². The van der Waals surface area contributed by atoms with Gasteiger partial charge in [0.15, 0.2) is 5.16 Å². The Kier molecular flexibility index (Phi) is 7.57. The van der Waals surface area contributed by atoms with Crippen molar-refractivity contribution in [1.29, 1.82) is 0 Å². The number of aromatic nitrogens is 2. The Hall–Kier alpha value is -3.68. The van der Waals surface area contributed by atoms with Gasteiger partial charge >= 0.3 is 5.97 Å². The molecule has 170 valence electrons. The highest BCUT2D eigenvalue weighted by atomic mass is 35.5. The maximum absolute atomic E-state index is 12.6. The number of amides is 1. The van der Waals surface area contributed by atoms with E-state index in [0.717, 1.165) is 22.5 Å². The van der Waals surface area contributed by atoms with Crippen molar-refractivity contribution in [2.45, 2.75) is 5.16 Å². The van der Waals surface area contributed by atoms with Crippen molar-refractivity contribution in [1.82, 2.24) is 9.97 Å². The molecule has 4 rings (SSSR count). The maximum Gasteiger partial charge on any atom is 0.337 e. The molecule has 0 aliphatic heterocycles. The van der Waals surface area contributed by atoms with Gasteiger partial charge < -0.3 is 10.1 Å². The van der Waals surface area contributed by atoms with Gasteiger partial charge in [0.05, 0.1) is 40.5 Å². The summed E-state index contributed by atoms with van der Waals surface area (Å²) in [7, 11) is 1.29. The second-order valence-electron chi connectivity index (χ2n) is 7.18. The molecular weight excluding hydrogens is 470 g/mol. The Balaban J connectivity index is 1.54. The second kappa shape index (κ2) is 11.0. The predicted octanol–water partition coefficient (Wildman–Crippen LogP) is 5.98. The number of hydrogen-bond donors (Lipinski definition) is 1. The van der Waals surface area contributed by atoms with Crippen molar-refractivity contribution >= 4 is 40.9 Å². The average Bonchev–Trinajstić information content (AvgIpc) is 2.89. The van der Waals surface area contributed by atoms with E-state index in [4.69, 9.17) is 16.3 Å². The summed E-state index contributed by atoms with van der Waals surface area (Å²) in [6.07, 6.45) is 0. The first-order valence-corrected chi connectivity index (χ1v) is 11.7. The number of anilines is 1. The fraction of sp³-hybridized carbons (Fsp3) is 0.0769. The lowest BCUT2D eigenvalue weighted by Crippen LogP contribution is -2.15. The van der Waals surface area contributed by atoms with Crippen molar-refractivity contribution in [2.75, 3.05) is 18.2 Å². The molecule has 34 heavy (non-hydrogen) atoms. The number of rotatable bonds is 7. The molecule has 0 fully saturated rings. The topological polar surface area (TPSA) is 81.2 Å². The summed E-state index contributed by atoms with van der Waals surface area (Å²) in [4.78, 5) is 33.7. The molecule has 1 amide bonds. The molecule has 0 spiro atoms. The quantitative estimate of drug-likeness (QED) is 0.195. The van der Waals surface area contributed by atoms with Crippen LogP contribution in [0.15, 0.2) is 90.1 Å². The van der Waals surface area contributed by atoms with E-state index in [2.05, 4.69) is 15.3 Å². The molecule has 4 aromatic rings. The summed E-state index contributed by atoms with van der Waals surface area (Å²) in [6, 6.07) is 26.1. The zero-order valence-electron chi connectivity index (χ0n) is 18.2. The molecule has 0 bridgehead atoms. The number of benzene rings is 3. The minimum absolute atomic E-state index is 0.0608. The van der Waals surface area contributed by atoms with Gasteiger partial charge in [0.25, 0.3) is 0 Å². The van der Waals surface area contributed by atoms with Crippen LogP contribution in [0.1, 0.15) is 10.4 Å². The standard InChI is InChI=1S/C26H20ClN3O3S/c1-33-25(32)19-12-13-20(27)23(14-19)28-24(31)16-34-26-29-21(17-8-4-2-5-9-17)15-22(30-26)18-10-6-3-7-11-18/h2-15H,16H2,1H3,(H,28,31). The van der Waals surface area contributed by atoms with Crippen molar-refractivity contribution in [3.63, 3.8) is 0 Å². The van der Waals surface area contributed by atoms with E-state index in [9.17, 15) is 9.59 Å². The number of esters is 1. The number of carbonyl (C=O) groups is 2. The third-order valence-electron chi connectivity index (χ3n) is 4.84. The minimum atomic E-state index is -0.513. The molecule has 0 saturated heterocycles. The molecule has 1 heterocycles. The van der Waals surface area contributed by atoms with E-state index >= 15 is 0 Å². The minimum Gasteiger partial charge on any atom is -0.465 e. The number of nitrogens with zero attached hydrogens (tertiary/aromatic N) is 2. The van der Waals surface area contributed by atoms with E-state index in [1.807, 2.05) is 66.7 Å². The van der Waals surface area contributed by atoms with Gasteiger partial charge in [0.1, 0.15) is 0 Å². The predicted molar refractivity (Wildman–Crippen MR) is 135 cm³/mol. The molecule has 8 heteroatoms. The van der Waals surface area contributed by atoms with E-state index in [1.54, 1.807) is 0 Å². The van der Waals surface area contributed by atoms with Crippen LogP contribution < -0.4 is 5.32 Å². The van der Waals surface area contributed by atoms with Crippen LogP contribution >= 0.6 is 23.4 Å². The zero-order valence-corrected chi connectivity index (χ0v) is 19.8. The molecule has 0 aliphatic rings. The molecule has 0 atom stereocenters. The van der Waals surface area contributed by atoms with E-state index in [0.29, 0.717) is 21.4 Å². The lowest BCUT2D eigenvalue weighted by Gasteiger charge is -2.10. The largest absolute Gasteiger partial charge is 0.465 e. The van der Waals surface area contributed by atoms with Crippen LogP contribution in [-0.4, -0.2) is 34.7 Å². The summed E-state index contributed by atoms with van der Waals surface area (Å²) in [5, 5.41) is 3.53. The number of hydrogen-bond acceptors (Lipinski definition) is 6. The summed E-state index contributed by atoms with van der Waals surface area (Å²) in [5.74, 6) is -0.754. The van der Waals surface area contributed by atoms with Crippen LogP contribution in [0.25, 0.3) is 22.5 Å². The maximum atomic E-state index is 12.6. The van der Waals surface area contributed by atoms with Crippen molar-refractivity contribution < 1.29 is 14.3 Å². The highest BCUT2D eigenvalue weighted by Gasteiger charge is 2.14. The average molecular weight is 490 g/mol. The van der Waals surface area contributed by atoms with Crippen LogP contribution in [0.4, 0.5) is 5.69 Å². The molecule has 0 unspecified atom stereocenters. The zero-order chi connectivity index (χ0) is 23.9. The number of thioether (sulfide) groups is 1. The van der Waals surface area contributed by atoms with Crippen LogP contribution in [0, 0.1) is 0 Å². The van der Waals surface area contributed by atoms with E-state index in [1.165, 1.54) is 37.1 Å². The summed E-state index contributed by atoms with van der Waals surface area (Å²) < 4.78 is 4.72.